The zero-order valence-corrected chi connectivity index (χ0v) is 12.3. The highest BCUT2D eigenvalue weighted by molar-refractivity contribution is 7.99. The molecule has 0 spiro atoms. The van der Waals surface area contributed by atoms with Crippen LogP contribution in [0.2, 0.25) is 0 Å². The predicted octanol–water partition coefficient (Wildman–Crippen LogP) is 4.59. The van der Waals surface area contributed by atoms with E-state index >= 15 is 0 Å². The number of hydrogen-bond acceptors (Lipinski definition) is 2. The van der Waals surface area contributed by atoms with Crippen LogP contribution in [-0.4, -0.2) is 6.29 Å². The molecule has 0 N–H and O–H groups in total. The van der Waals surface area contributed by atoms with E-state index < -0.39 is 0 Å². The quantitative estimate of drug-likeness (QED) is 0.810. The van der Waals surface area contributed by atoms with Crippen LogP contribution in [0.3, 0.4) is 0 Å². The smallest absolute Gasteiger partial charge is 0.233 e. The third-order valence-corrected chi connectivity index (χ3v) is 3.94. The highest BCUT2D eigenvalue weighted by atomic mass is 32.2. The zero-order valence-electron chi connectivity index (χ0n) is 11.4. The molecule has 0 amide bonds. The molecule has 2 rings (SSSR count). The van der Waals surface area contributed by atoms with Crippen LogP contribution in [0.15, 0.2) is 58.3 Å². The molecule has 2 aromatic rings. The number of hydrogen-bond donors (Lipinski definition) is 0. The SMILES string of the molecule is CC(C)(C)c1ccc(Sc2ccc([C]=O)cc2)cc1. The summed E-state index contributed by atoms with van der Waals surface area (Å²) in [7, 11) is 0. The Morgan fingerprint density at radius 3 is 1.74 bits per heavy atom. The van der Waals surface area contributed by atoms with Gasteiger partial charge in [0.15, 0.2) is 0 Å². The molecule has 0 fully saturated rings. The van der Waals surface area contributed by atoms with Gasteiger partial charge >= 0.3 is 0 Å². The second kappa shape index (κ2) is 5.62. The number of rotatable bonds is 3. The van der Waals surface area contributed by atoms with Gasteiger partial charge in [-0.25, -0.2) is 0 Å². The Bertz CT molecular complexity index is 547. The maximum Gasteiger partial charge on any atom is 0.233 e. The van der Waals surface area contributed by atoms with E-state index in [1.807, 2.05) is 18.4 Å². The minimum atomic E-state index is 0.185. The molecule has 0 saturated carbocycles. The topological polar surface area (TPSA) is 17.1 Å². The summed E-state index contributed by atoms with van der Waals surface area (Å²) in [5.74, 6) is 0. The van der Waals surface area contributed by atoms with E-state index in [9.17, 15) is 4.79 Å². The predicted molar refractivity (Wildman–Crippen MR) is 80.5 cm³/mol. The second-order valence-corrected chi connectivity index (χ2v) is 6.65. The van der Waals surface area contributed by atoms with Gasteiger partial charge in [-0.05, 0) is 47.4 Å². The molecule has 0 unspecified atom stereocenters. The monoisotopic (exact) mass is 269 g/mol. The molecule has 0 saturated heterocycles. The maximum absolute atomic E-state index is 10.5. The lowest BCUT2D eigenvalue weighted by Gasteiger charge is -2.19. The first-order valence-electron chi connectivity index (χ1n) is 6.26. The van der Waals surface area contributed by atoms with Crippen LogP contribution in [0.5, 0.6) is 0 Å². The Morgan fingerprint density at radius 2 is 1.32 bits per heavy atom. The average molecular weight is 269 g/mol. The third-order valence-electron chi connectivity index (χ3n) is 2.93. The lowest BCUT2D eigenvalue weighted by Crippen LogP contribution is -2.10. The molecule has 97 valence electrons. The van der Waals surface area contributed by atoms with Gasteiger partial charge in [0.1, 0.15) is 0 Å². The maximum atomic E-state index is 10.5. The van der Waals surface area contributed by atoms with Crippen molar-refractivity contribution in [3.63, 3.8) is 0 Å². The van der Waals surface area contributed by atoms with Crippen molar-refractivity contribution < 1.29 is 4.79 Å². The largest absolute Gasteiger partial charge is 0.285 e. The minimum Gasteiger partial charge on any atom is -0.285 e. The first-order chi connectivity index (χ1) is 8.99. The van der Waals surface area contributed by atoms with Crippen molar-refractivity contribution in [2.24, 2.45) is 0 Å². The van der Waals surface area contributed by atoms with Gasteiger partial charge in [-0.2, -0.15) is 0 Å². The molecule has 0 heterocycles. The summed E-state index contributed by atoms with van der Waals surface area (Å²) in [5, 5.41) is 0. The van der Waals surface area contributed by atoms with Gasteiger partial charge in [-0.1, -0.05) is 44.7 Å². The number of carbonyl (C=O) groups excluding carboxylic acids is 1. The van der Waals surface area contributed by atoms with E-state index in [0.29, 0.717) is 5.56 Å². The molecule has 0 atom stereocenters. The van der Waals surface area contributed by atoms with Crippen LogP contribution in [0.4, 0.5) is 0 Å². The zero-order chi connectivity index (χ0) is 13.9. The normalized spacial score (nSPS) is 11.3. The van der Waals surface area contributed by atoms with Crippen molar-refractivity contribution in [2.75, 3.05) is 0 Å². The van der Waals surface area contributed by atoms with E-state index in [2.05, 4.69) is 45.0 Å². The first-order valence-corrected chi connectivity index (χ1v) is 7.07. The summed E-state index contributed by atoms with van der Waals surface area (Å²) in [6.07, 6.45) is 1.88. The van der Waals surface area contributed by atoms with Gasteiger partial charge < -0.3 is 0 Å². The highest BCUT2D eigenvalue weighted by Crippen LogP contribution is 2.30. The summed E-state index contributed by atoms with van der Waals surface area (Å²) in [5.41, 5.74) is 2.11. The van der Waals surface area contributed by atoms with Crippen LogP contribution >= 0.6 is 11.8 Å². The van der Waals surface area contributed by atoms with E-state index in [1.54, 1.807) is 23.9 Å². The molecule has 19 heavy (non-hydrogen) atoms. The molecule has 0 aliphatic rings. The van der Waals surface area contributed by atoms with Gasteiger partial charge in [-0.3, -0.25) is 4.79 Å². The fourth-order valence-electron chi connectivity index (χ4n) is 1.75. The highest BCUT2D eigenvalue weighted by Gasteiger charge is 2.12. The molecule has 0 aromatic heterocycles. The fourth-order valence-corrected chi connectivity index (χ4v) is 2.57. The Morgan fingerprint density at radius 1 is 0.842 bits per heavy atom. The van der Waals surface area contributed by atoms with Gasteiger partial charge in [-0.15, -0.1) is 0 Å². The van der Waals surface area contributed by atoms with Crippen molar-refractivity contribution in [3.05, 3.63) is 59.7 Å². The third kappa shape index (κ3) is 3.71. The van der Waals surface area contributed by atoms with Crippen molar-refractivity contribution in [1.82, 2.24) is 0 Å². The van der Waals surface area contributed by atoms with Crippen LogP contribution in [0.1, 0.15) is 31.9 Å². The second-order valence-electron chi connectivity index (χ2n) is 5.50. The summed E-state index contributed by atoms with van der Waals surface area (Å²) < 4.78 is 0. The van der Waals surface area contributed by atoms with Crippen LogP contribution in [0.25, 0.3) is 0 Å². The summed E-state index contributed by atoms with van der Waals surface area (Å²) in [4.78, 5) is 12.8. The van der Waals surface area contributed by atoms with E-state index in [1.165, 1.54) is 10.5 Å². The van der Waals surface area contributed by atoms with Crippen molar-refractivity contribution in [2.45, 2.75) is 36.0 Å². The van der Waals surface area contributed by atoms with E-state index in [0.717, 1.165) is 4.90 Å². The van der Waals surface area contributed by atoms with Gasteiger partial charge in [0.2, 0.25) is 6.29 Å². The Labute approximate surface area is 119 Å². The molecule has 0 aliphatic heterocycles. The first kappa shape index (κ1) is 13.9. The molecule has 2 aromatic carbocycles. The summed E-state index contributed by atoms with van der Waals surface area (Å²) in [6, 6.07) is 16.1. The summed E-state index contributed by atoms with van der Waals surface area (Å²) >= 11 is 1.70. The average Bonchev–Trinajstić information content (AvgIpc) is 2.39. The Balaban J connectivity index is 2.12. The molecule has 1 radical (unpaired) electrons. The van der Waals surface area contributed by atoms with Gasteiger partial charge in [0.05, 0.1) is 0 Å². The lowest BCUT2D eigenvalue weighted by molar-refractivity contribution is 0.562. The fraction of sp³-hybridized carbons (Fsp3) is 0.235. The van der Waals surface area contributed by atoms with Crippen LogP contribution in [0, 0.1) is 0 Å². The molecular formula is C17H17OS. The van der Waals surface area contributed by atoms with Gasteiger partial charge in [0, 0.05) is 15.4 Å². The molecule has 2 heteroatoms. The summed E-state index contributed by atoms with van der Waals surface area (Å²) in [6.45, 7) is 6.64. The minimum absolute atomic E-state index is 0.185. The van der Waals surface area contributed by atoms with Crippen molar-refractivity contribution in [1.29, 1.82) is 0 Å². The van der Waals surface area contributed by atoms with E-state index in [-0.39, 0.29) is 5.41 Å². The van der Waals surface area contributed by atoms with Crippen LogP contribution < -0.4 is 0 Å². The Hall–Kier alpha value is -1.54. The van der Waals surface area contributed by atoms with Crippen molar-refractivity contribution >= 4 is 18.0 Å². The molecule has 0 bridgehead atoms. The van der Waals surface area contributed by atoms with Crippen molar-refractivity contribution in [3.8, 4) is 0 Å². The standard InChI is InChI=1S/C17H17OS/c1-17(2,3)14-6-10-16(11-7-14)19-15-8-4-13(12-18)5-9-15/h4-11H,1-3H3. The van der Waals surface area contributed by atoms with Gasteiger partial charge in [0.25, 0.3) is 0 Å². The van der Waals surface area contributed by atoms with E-state index in [4.69, 9.17) is 0 Å². The van der Waals surface area contributed by atoms with Crippen LogP contribution in [-0.2, 0) is 10.2 Å². The molecular weight excluding hydrogens is 252 g/mol. The molecule has 1 nitrogen and oxygen atoms in total. The number of benzene rings is 2. The Kier molecular flexibility index (Phi) is 4.11. The lowest BCUT2D eigenvalue weighted by atomic mass is 9.87. The molecule has 0 aliphatic carbocycles.